The standard InChI is InChI=1S/C9H11FN2O4/c1-14-7-6(5-13)8(16-4-3-10)12-9(11-7)15-2/h5H,3-4H2,1-2H3. The number of hydrogen-bond acceptors (Lipinski definition) is 6. The minimum absolute atomic E-state index is 0.0173. The van der Waals surface area contributed by atoms with Gasteiger partial charge in [0.05, 0.1) is 14.2 Å². The Morgan fingerprint density at radius 1 is 1.25 bits per heavy atom. The van der Waals surface area contributed by atoms with Crippen molar-refractivity contribution in [2.24, 2.45) is 0 Å². The normalized spacial score (nSPS) is 9.69. The van der Waals surface area contributed by atoms with Gasteiger partial charge in [-0.05, 0) is 0 Å². The Balaban J connectivity index is 3.14. The summed E-state index contributed by atoms with van der Waals surface area (Å²) in [5, 5.41) is 0. The van der Waals surface area contributed by atoms with E-state index in [1.54, 1.807) is 0 Å². The fourth-order valence-electron chi connectivity index (χ4n) is 1.00. The number of aromatic nitrogens is 2. The van der Waals surface area contributed by atoms with Crippen LogP contribution < -0.4 is 14.2 Å². The third kappa shape index (κ3) is 2.56. The van der Waals surface area contributed by atoms with Gasteiger partial charge in [0, 0.05) is 0 Å². The lowest BCUT2D eigenvalue weighted by Crippen LogP contribution is -2.07. The van der Waals surface area contributed by atoms with Gasteiger partial charge in [0.2, 0.25) is 11.8 Å². The molecule has 0 amide bonds. The zero-order chi connectivity index (χ0) is 12.0. The van der Waals surface area contributed by atoms with Crippen LogP contribution in [0.5, 0.6) is 17.8 Å². The number of aldehydes is 1. The first-order chi connectivity index (χ1) is 7.76. The summed E-state index contributed by atoms with van der Waals surface area (Å²) in [5.74, 6) is -0.0351. The molecular formula is C9H11FN2O4. The Morgan fingerprint density at radius 2 is 1.94 bits per heavy atom. The van der Waals surface area contributed by atoms with Crippen LogP contribution in [-0.4, -0.2) is 43.8 Å². The Kier molecular flexibility index (Phi) is 4.43. The lowest BCUT2D eigenvalue weighted by atomic mass is 10.3. The van der Waals surface area contributed by atoms with Gasteiger partial charge in [-0.3, -0.25) is 4.79 Å². The molecule has 0 aliphatic carbocycles. The van der Waals surface area contributed by atoms with Crippen LogP contribution in [0.25, 0.3) is 0 Å². The minimum Gasteiger partial charge on any atom is -0.480 e. The number of hydrogen-bond donors (Lipinski definition) is 0. The molecule has 0 aliphatic rings. The zero-order valence-corrected chi connectivity index (χ0v) is 8.90. The van der Waals surface area contributed by atoms with Crippen molar-refractivity contribution in [1.29, 1.82) is 0 Å². The van der Waals surface area contributed by atoms with Gasteiger partial charge in [0.15, 0.2) is 6.29 Å². The van der Waals surface area contributed by atoms with Gasteiger partial charge in [-0.2, -0.15) is 9.97 Å². The monoisotopic (exact) mass is 230 g/mol. The molecule has 0 saturated carbocycles. The van der Waals surface area contributed by atoms with E-state index in [1.807, 2.05) is 0 Å². The van der Waals surface area contributed by atoms with Crippen molar-refractivity contribution in [3.05, 3.63) is 5.56 Å². The summed E-state index contributed by atoms with van der Waals surface area (Å²) in [5.41, 5.74) is 0.0248. The largest absolute Gasteiger partial charge is 0.480 e. The molecular weight excluding hydrogens is 219 g/mol. The Bertz CT molecular complexity index is 373. The fourth-order valence-corrected chi connectivity index (χ4v) is 1.00. The van der Waals surface area contributed by atoms with Gasteiger partial charge in [0.1, 0.15) is 18.8 Å². The molecule has 1 aromatic rings. The summed E-state index contributed by atoms with van der Waals surface area (Å²) < 4.78 is 26.6. The average molecular weight is 230 g/mol. The van der Waals surface area contributed by atoms with Gasteiger partial charge in [-0.1, -0.05) is 0 Å². The third-order valence-corrected chi connectivity index (χ3v) is 1.66. The van der Waals surface area contributed by atoms with Crippen LogP contribution in [0.2, 0.25) is 0 Å². The lowest BCUT2D eigenvalue weighted by Gasteiger charge is -2.09. The van der Waals surface area contributed by atoms with Crippen molar-refractivity contribution in [3.63, 3.8) is 0 Å². The second-order valence-corrected chi connectivity index (χ2v) is 2.59. The average Bonchev–Trinajstić information content (AvgIpc) is 2.34. The topological polar surface area (TPSA) is 70.5 Å². The SMILES string of the molecule is COc1nc(OC)c(C=O)c(OCCF)n1. The van der Waals surface area contributed by atoms with Crippen LogP contribution in [0.1, 0.15) is 10.4 Å². The van der Waals surface area contributed by atoms with Crippen molar-refractivity contribution >= 4 is 6.29 Å². The van der Waals surface area contributed by atoms with Gasteiger partial charge < -0.3 is 14.2 Å². The van der Waals surface area contributed by atoms with E-state index in [-0.39, 0.29) is 29.9 Å². The van der Waals surface area contributed by atoms with Crippen molar-refractivity contribution in [3.8, 4) is 17.8 Å². The molecule has 0 N–H and O–H groups in total. The molecule has 16 heavy (non-hydrogen) atoms. The van der Waals surface area contributed by atoms with Crippen LogP contribution in [0.3, 0.4) is 0 Å². The fraction of sp³-hybridized carbons (Fsp3) is 0.444. The highest BCUT2D eigenvalue weighted by Gasteiger charge is 2.16. The molecule has 0 fully saturated rings. The van der Waals surface area contributed by atoms with Crippen molar-refractivity contribution in [1.82, 2.24) is 9.97 Å². The molecule has 0 unspecified atom stereocenters. The van der Waals surface area contributed by atoms with Crippen LogP contribution in [-0.2, 0) is 0 Å². The smallest absolute Gasteiger partial charge is 0.322 e. The quantitative estimate of drug-likeness (QED) is 0.668. The zero-order valence-electron chi connectivity index (χ0n) is 8.90. The first-order valence-corrected chi connectivity index (χ1v) is 4.40. The van der Waals surface area contributed by atoms with Gasteiger partial charge >= 0.3 is 6.01 Å². The second-order valence-electron chi connectivity index (χ2n) is 2.59. The van der Waals surface area contributed by atoms with Crippen LogP contribution in [0, 0.1) is 0 Å². The summed E-state index contributed by atoms with van der Waals surface area (Å²) in [6.45, 7) is -0.892. The molecule has 1 aromatic heterocycles. The minimum atomic E-state index is -0.688. The molecule has 1 heterocycles. The maximum absolute atomic E-state index is 12.0. The summed E-state index contributed by atoms with van der Waals surface area (Å²) >= 11 is 0. The molecule has 88 valence electrons. The molecule has 0 aliphatic heterocycles. The number of halogens is 1. The van der Waals surface area contributed by atoms with Gasteiger partial charge in [0.25, 0.3) is 0 Å². The summed E-state index contributed by atoms with van der Waals surface area (Å²) in [7, 11) is 2.70. The predicted octanol–water partition coefficient (Wildman–Crippen LogP) is 0.655. The Morgan fingerprint density at radius 3 is 2.44 bits per heavy atom. The van der Waals surface area contributed by atoms with E-state index in [0.717, 1.165) is 0 Å². The first kappa shape index (κ1) is 12.2. The molecule has 6 nitrogen and oxygen atoms in total. The maximum Gasteiger partial charge on any atom is 0.322 e. The number of nitrogens with zero attached hydrogens (tertiary/aromatic N) is 2. The second kappa shape index (κ2) is 5.84. The van der Waals surface area contributed by atoms with E-state index in [0.29, 0.717) is 6.29 Å². The highest BCUT2D eigenvalue weighted by molar-refractivity contribution is 5.81. The molecule has 0 spiro atoms. The highest BCUT2D eigenvalue weighted by Crippen LogP contribution is 2.25. The van der Waals surface area contributed by atoms with E-state index in [1.165, 1.54) is 14.2 Å². The molecule has 0 radical (unpaired) electrons. The van der Waals surface area contributed by atoms with E-state index in [4.69, 9.17) is 14.2 Å². The summed E-state index contributed by atoms with van der Waals surface area (Å²) in [6.07, 6.45) is 0.478. The number of ether oxygens (including phenoxy) is 3. The van der Waals surface area contributed by atoms with E-state index >= 15 is 0 Å². The number of methoxy groups -OCH3 is 2. The number of rotatable bonds is 6. The highest BCUT2D eigenvalue weighted by atomic mass is 19.1. The molecule has 1 rings (SSSR count). The van der Waals surface area contributed by atoms with Crippen LogP contribution in [0.15, 0.2) is 0 Å². The third-order valence-electron chi connectivity index (χ3n) is 1.66. The first-order valence-electron chi connectivity index (χ1n) is 4.40. The molecule has 0 saturated heterocycles. The summed E-state index contributed by atoms with van der Waals surface area (Å²) in [6, 6.07) is -0.0173. The molecule has 0 bridgehead atoms. The van der Waals surface area contributed by atoms with Crippen molar-refractivity contribution in [2.75, 3.05) is 27.5 Å². The molecule has 0 aromatic carbocycles. The van der Waals surface area contributed by atoms with Crippen molar-refractivity contribution in [2.45, 2.75) is 0 Å². The van der Waals surface area contributed by atoms with E-state index in [9.17, 15) is 9.18 Å². The van der Waals surface area contributed by atoms with Gasteiger partial charge in [-0.15, -0.1) is 0 Å². The molecule has 7 heteroatoms. The van der Waals surface area contributed by atoms with Gasteiger partial charge in [-0.25, -0.2) is 4.39 Å². The molecule has 0 atom stereocenters. The van der Waals surface area contributed by atoms with E-state index < -0.39 is 6.67 Å². The predicted molar refractivity (Wildman–Crippen MR) is 52.0 cm³/mol. The Labute approximate surface area is 91.4 Å². The maximum atomic E-state index is 12.0. The van der Waals surface area contributed by atoms with Crippen LogP contribution in [0.4, 0.5) is 4.39 Å². The number of carbonyl (C=O) groups excluding carboxylic acids is 1. The number of carbonyl (C=O) groups is 1. The Hall–Kier alpha value is -1.92. The number of alkyl halides is 1. The van der Waals surface area contributed by atoms with Crippen molar-refractivity contribution < 1.29 is 23.4 Å². The van der Waals surface area contributed by atoms with Crippen LogP contribution >= 0.6 is 0 Å². The lowest BCUT2D eigenvalue weighted by molar-refractivity contribution is 0.111. The van der Waals surface area contributed by atoms with E-state index in [2.05, 4.69) is 9.97 Å². The summed E-state index contributed by atoms with van der Waals surface area (Å²) in [4.78, 5) is 18.4.